The Morgan fingerprint density at radius 1 is 0.977 bits per heavy atom. The fourth-order valence-electron chi connectivity index (χ4n) is 5.28. The van der Waals surface area contributed by atoms with E-state index in [1.165, 1.54) is 10.8 Å². The van der Waals surface area contributed by atoms with Gasteiger partial charge in [-0.1, -0.05) is 59.7 Å². The number of rotatable bonds is 11. The number of benzene rings is 3. The second-order valence-corrected chi connectivity index (χ2v) is 9.96. The van der Waals surface area contributed by atoms with E-state index >= 15 is 0 Å². The van der Waals surface area contributed by atoms with Crippen molar-refractivity contribution in [3.05, 3.63) is 139 Å². The molecule has 3 atom stereocenters. The molecule has 1 aliphatic heterocycles. The molecule has 0 aliphatic carbocycles. The van der Waals surface area contributed by atoms with Crippen LogP contribution < -0.4 is 20.7 Å². The van der Waals surface area contributed by atoms with Crippen LogP contribution in [0.2, 0.25) is 0 Å². The summed E-state index contributed by atoms with van der Waals surface area (Å²) in [5, 5.41) is 14.4. The summed E-state index contributed by atoms with van der Waals surface area (Å²) in [7, 11) is 3.20. The zero-order valence-electron chi connectivity index (χ0n) is 23.6. The van der Waals surface area contributed by atoms with Crippen LogP contribution in [0.4, 0.5) is 0 Å². The van der Waals surface area contributed by atoms with E-state index in [2.05, 4.69) is 15.0 Å². The van der Waals surface area contributed by atoms with Crippen molar-refractivity contribution >= 4 is 0 Å². The first kappa shape index (κ1) is 29.6. The molecule has 1 aliphatic rings. The lowest BCUT2D eigenvalue weighted by molar-refractivity contribution is -0.0944. The molecule has 12 heteroatoms. The molecule has 0 unspecified atom stereocenters. The first-order valence-electron chi connectivity index (χ1n) is 13.6. The number of H-pyrrole nitrogens is 1. The number of nitrogens with one attached hydrogen (secondary N) is 1. The Kier molecular flexibility index (Phi) is 8.93. The highest BCUT2D eigenvalue weighted by atomic mass is 16.6. The fraction of sp³-hybridized carbons (Fsp3) is 0.290. The van der Waals surface area contributed by atoms with Crippen molar-refractivity contribution in [2.75, 3.05) is 20.8 Å². The Bertz CT molecular complexity index is 1650. The first-order valence-corrected chi connectivity index (χ1v) is 13.6. The summed E-state index contributed by atoms with van der Waals surface area (Å²) in [6.45, 7) is -0.286. The first-order chi connectivity index (χ1) is 20.9. The molecular weight excluding hydrogens is 554 g/mol. The molecular formula is C31H31N5O7. The van der Waals surface area contributed by atoms with Gasteiger partial charge in [0.15, 0.2) is 0 Å². The molecule has 0 amide bonds. The van der Waals surface area contributed by atoms with Crippen molar-refractivity contribution < 1.29 is 24.1 Å². The van der Waals surface area contributed by atoms with Crippen molar-refractivity contribution in [1.82, 2.24) is 9.55 Å². The number of aromatic amines is 1. The van der Waals surface area contributed by atoms with Crippen molar-refractivity contribution in [2.24, 2.45) is 5.11 Å². The molecule has 2 N–H and O–H groups in total. The van der Waals surface area contributed by atoms with Crippen LogP contribution in [0.3, 0.4) is 0 Å². The van der Waals surface area contributed by atoms with Crippen molar-refractivity contribution in [1.29, 1.82) is 0 Å². The van der Waals surface area contributed by atoms with E-state index in [1.54, 1.807) is 14.2 Å². The van der Waals surface area contributed by atoms with Gasteiger partial charge in [-0.25, -0.2) is 4.79 Å². The molecule has 222 valence electrons. The smallest absolute Gasteiger partial charge is 0.330 e. The summed E-state index contributed by atoms with van der Waals surface area (Å²) < 4.78 is 24.9. The number of aliphatic hydroxyl groups excluding tert-OH is 1. The van der Waals surface area contributed by atoms with Gasteiger partial charge in [0.1, 0.15) is 29.4 Å². The normalized spacial score (nSPS) is 18.2. The fourth-order valence-corrected chi connectivity index (χ4v) is 5.28. The quantitative estimate of drug-likeness (QED) is 0.116. The largest absolute Gasteiger partial charge is 0.497 e. The van der Waals surface area contributed by atoms with Gasteiger partial charge in [0, 0.05) is 23.1 Å². The predicted molar refractivity (Wildman–Crippen MR) is 157 cm³/mol. The van der Waals surface area contributed by atoms with Crippen LogP contribution in [0.15, 0.2) is 99.8 Å². The Labute approximate surface area is 246 Å². The third-order valence-electron chi connectivity index (χ3n) is 7.50. The van der Waals surface area contributed by atoms with Crippen LogP contribution in [0.1, 0.15) is 34.9 Å². The van der Waals surface area contributed by atoms with E-state index in [1.807, 2.05) is 78.9 Å². The molecule has 3 aromatic carbocycles. The van der Waals surface area contributed by atoms with E-state index in [9.17, 15) is 14.7 Å². The molecule has 1 fully saturated rings. The predicted octanol–water partition coefficient (Wildman–Crippen LogP) is 4.02. The van der Waals surface area contributed by atoms with E-state index in [4.69, 9.17) is 24.5 Å². The van der Waals surface area contributed by atoms with Crippen LogP contribution in [-0.2, 0) is 21.6 Å². The Morgan fingerprint density at radius 2 is 1.56 bits per heavy atom. The highest BCUT2D eigenvalue weighted by molar-refractivity contribution is 5.49. The van der Waals surface area contributed by atoms with E-state index < -0.39 is 35.3 Å². The van der Waals surface area contributed by atoms with Crippen LogP contribution in [0.25, 0.3) is 10.4 Å². The molecule has 1 saturated heterocycles. The molecule has 0 bridgehead atoms. The lowest BCUT2D eigenvalue weighted by Gasteiger charge is -2.37. The van der Waals surface area contributed by atoms with Gasteiger partial charge in [0.25, 0.3) is 5.56 Å². The molecule has 0 radical (unpaired) electrons. The summed E-state index contributed by atoms with van der Waals surface area (Å²) in [4.78, 5) is 29.7. The Hall–Kier alpha value is -4.87. The average molecular weight is 586 g/mol. The summed E-state index contributed by atoms with van der Waals surface area (Å²) >= 11 is 0. The minimum atomic E-state index is -1.13. The topological polar surface area (TPSA) is 161 Å². The van der Waals surface area contributed by atoms with E-state index in [0.29, 0.717) is 11.5 Å². The summed E-state index contributed by atoms with van der Waals surface area (Å²) in [6.07, 6.45) is -1.32. The molecule has 43 heavy (non-hydrogen) atoms. The number of hydrogen-bond donors (Lipinski definition) is 2. The minimum Gasteiger partial charge on any atom is -0.497 e. The van der Waals surface area contributed by atoms with Gasteiger partial charge in [-0.15, -0.1) is 0 Å². The number of hydrogen-bond acceptors (Lipinski definition) is 8. The van der Waals surface area contributed by atoms with Crippen LogP contribution >= 0.6 is 0 Å². The number of azide groups is 1. The third-order valence-corrected chi connectivity index (χ3v) is 7.50. The molecule has 12 nitrogen and oxygen atoms in total. The zero-order chi connectivity index (χ0) is 30.4. The number of methoxy groups -OCH3 is 2. The Balaban J connectivity index is 1.51. The van der Waals surface area contributed by atoms with E-state index in [0.717, 1.165) is 16.7 Å². The summed E-state index contributed by atoms with van der Waals surface area (Å²) in [5.41, 5.74) is 8.72. The van der Waals surface area contributed by atoms with Gasteiger partial charge < -0.3 is 24.1 Å². The van der Waals surface area contributed by atoms with Gasteiger partial charge in [-0.3, -0.25) is 14.3 Å². The van der Waals surface area contributed by atoms with Gasteiger partial charge in [0.05, 0.1) is 33.5 Å². The number of nitrogens with zero attached hydrogens (tertiary/aromatic N) is 4. The molecule has 4 aromatic rings. The zero-order valence-corrected chi connectivity index (χ0v) is 23.6. The maximum absolute atomic E-state index is 12.6. The second kappa shape index (κ2) is 13.0. The average Bonchev–Trinajstić information content (AvgIpc) is 3.41. The number of aromatic nitrogens is 2. The lowest BCUT2D eigenvalue weighted by atomic mass is 9.80. The van der Waals surface area contributed by atoms with Gasteiger partial charge in [0.2, 0.25) is 0 Å². The highest BCUT2D eigenvalue weighted by Gasteiger charge is 2.42. The minimum absolute atomic E-state index is 0.0473. The molecule has 1 aromatic heterocycles. The van der Waals surface area contributed by atoms with Crippen molar-refractivity contribution in [3.63, 3.8) is 0 Å². The summed E-state index contributed by atoms with van der Waals surface area (Å²) in [6, 6.07) is 24.8. The standard InChI is InChI=1S/C31H31N5O7/c1-40-24-12-8-22(9-13-24)31(21-6-4-3-5-7-21,23-10-14-25(41-2)15-11-23)42-19-27-26(37)16-28(43-27)36-18-20(17-33-35-32)29(38)34-30(36)39/h3-15,18,26-28,37H,16-17,19H2,1-2H3,(H,34,38,39)/t26-,27+,28+/m0/s1. The van der Waals surface area contributed by atoms with Gasteiger partial charge in [-0.2, -0.15) is 0 Å². The molecule has 2 heterocycles. The van der Waals surface area contributed by atoms with Gasteiger partial charge in [-0.05, 0) is 46.5 Å². The van der Waals surface area contributed by atoms with Crippen LogP contribution in [0, 0.1) is 0 Å². The van der Waals surface area contributed by atoms with Crippen LogP contribution in [0.5, 0.6) is 11.5 Å². The van der Waals surface area contributed by atoms with Crippen molar-refractivity contribution in [3.8, 4) is 11.5 Å². The molecule has 0 spiro atoms. The Morgan fingerprint density at radius 3 is 2.12 bits per heavy atom. The third kappa shape index (κ3) is 6.04. The highest BCUT2D eigenvalue weighted by Crippen LogP contribution is 2.42. The van der Waals surface area contributed by atoms with E-state index in [-0.39, 0.29) is 25.1 Å². The summed E-state index contributed by atoms with van der Waals surface area (Å²) in [5.74, 6) is 1.37. The van der Waals surface area contributed by atoms with Crippen molar-refractivity contribution in [2.45, 2.75) is 37.0 Å². The SMILES string of the molecule is COc1ccc(C(OC[C@H]2O[C@@H](n3cc(CN=[N+]=[N-])c(=O)[nH]c3=O)C[C@@H]2O)(c2ccccc2)c2ccc(OC)cc2)cc1. The lowest BCUT2D eigenvalue weighted by Crippen LogP contribution is -2.38. The molecule has 5 rings (SSSR count). The molecule has 0 saturated carbocycles. The second-order valence-electron chi connectivity index (χ2n) is 9.96. The maximum Gasteiger partial charge on any atom is 0.330 e. The van der Waals surface area contributed by atoms with Gasteiger partial charge >= 0.3 is 5.69 Å². The van der Waals surface area contributed by atoms with Crippen LogP contribution in [-0.4, -0.2) is 47.7 Å². The maximum atomic E-state index is 12.6. The monoisotopic (exact) mass is 585 g/mol. The number of ether oxygens (including phenoxy) is 4. The number of aliphatic hydroxyl groups is 1.